The maximum absolute atomic E-state index is 4.29. The molecule has 1 heterocycles. The van der Waals surface area contributed by atoms with Gasteiger partial charge in [0.15, 0.2) is 0 Å². The van der Waals surface area contributed by atoms with E-state index in [0.29, 0.717) is 0 Å². The fourth-order valence-corrected chi connectivity index (χ4v) is 1.29. The molecule has 1 aromatic rings. The van der Waals surface area contributed by atoms with E-state index >= 15 is 0 Å². The van der Waals surface area contributed by atoms with Crippen molar-refractivity contribution < 1.29 is 0 Å². The monoisotopic (exact) mass is 171 g/mol. The van der Waals surface area contributed by atoms with Crippen LogP contribution in [0.3, 0.4) is 0 Å². The van der Waals surface area contributed by atoms with Crippen molar-refractivity contribution >= 4 is 5.84 Å². The Morgan fingerprint density at radius 3 is 2.54 bits per heavy atom. The molecule has 2 nitrogen and oxygen atoms in total. The number of hydrogen-bond donors (Lipinski definition) is 0. The molecule has 0 unspecified atom stereocenters. The van der Waals surface area contributed by atoms with Gasteiger partial charge in [-0.1, -0.05) is 30.3 Å². The summed E-state index contributed by atoms with van der Waals surface area (Å²) < 4.78 is 0. The fourth-order valence-electron chi connectivity index (χ4n) is 1.29. The number of hydrogen-bond acceptors (Lipinski definition) is 1. The van der Waals surface area contributed by atoms with Gasteiger partial charge >= 0.3 is 0 Å². The minimum Gasteiger partial charge on any atom is -0.239 e. The summed E-state index contributed by atoms with van der Waals surface area (Å²) in [5.74, 6) is 0.906. The second kappa shape index (κ2) is 3.44. The number of aliphatic imine (C=N–C) groups is 1. The molecule has 0 aliphatic carbocycles. The lowest BCUT2D eigenvalue weighted by Crippen LogP contribution is -2.09. The number of rotatable bonds is 2. The van der Waals surface area contributed by atoms with Gasteiger partial charge in [0.2, 0.25) is 0 Å². The molecule has 0 spiro atoms. The van der Waals surface area contributed by atoms with Gasteiger partial charge in [-0.25, -0.2) is 10.3 Å². The molecule has 13 heavy (non-hydrogen) atoms. The molecule has 0 bridgehead atoms. The first-order valence-electron chi connectivity index (χ1n) is 4.34. The second-order valence-corrected chi connectivity index (χ2v) is 3.09. The van der Waals surface area contributed by atoms with Crippen LogP contribution in [-0.4, -0.2) is 5.84 Å². The summed E-state index contributed by atoms with van der Waals surface area (Å²) >= 11 is 0. The zero-order chi connectivity index (χ0) is 9.10. The van der Waals surface area contributed by atoms with Gasteiger partial charge in [-0.15, -0.1) is 0 Å². The SMILES string of the molecule is CC1=C[N]C(Cc2ccccc2)=N1. The zero-order valence-electron chi connectivity index (χ0n) is 7.57. The topological polar surface area (TPSA) is 26.5 Å². The molecule has 0 N–H and O–H groups in total. The molecule has 0 aromatic heterocycles. The predicted molar refractivity (Wildman–Crippen MR) is 53.5 cm³/mol. The minimum absolute atomic E-state index is 0.828. The highest BCUT2D eigenvalue weighted by molar-refractivity contribution is 5.87. The Bertz CT molecular complexity index is 350. The van der Waals surface area contributed by atoms with Crippen molar-refractivity contribution in [3.8, 4) is 0 Å². The summed E-state index contributed by atoms with van der Waals surface area (Å²) in [6, 6.07) is 10.3. The molecule has 1 aromatic carbocycles. The Balaban J connectivity index is 2.05. The van der Waals surface area contributed by atoms with Crippen molar-refractivity contribution in [1.82, 2.24) is 5.32 Å². The zero-order valence-corrected chi connectivity index (χ0v) is 7.57. The van der Waals surface area contributed by atoms with Crippen molar-refractivity contribution in [2.45, 2.75) is 13.3 Å². The van der Waals surface area contributed by atoms with Crippen LogP contribution in [0.2, 0.25) is 0 Å². The summed E-state index contributed by atoms with van der Waals surface area (Å²) in [7, 11) is 0. The Labute approximate surface area is 78.0 Å². The van der Waals surface area contributed by atoms with Gasteiger partial charge in [-0.05, 0) is 12.5 Å². The van der Waals surface area contributed by atoms with E-state index in [0.717, 1.165) is 18.0 Å². The third-order valence-electron chi connectivity index (χ3n) is 1.91. The van der Waals surface area contributed by atoms with Crippen LogP contribution in [0.15, 0.2) is 47.2 Å². The third kappa shape index (κ3) is 1.96. The Morgan fingerprint density at radius 2 is 1.92 bits per heavy atom. The van der Waals surface area contributed by atoms with Crippen molar-refractivity contribution in [1.29, 1.82) is 0 Å². The average Bonchev–Trinajstić information content (AvgIpc) is 2.53. The van der Waals surface area contributed by atoms with E-state index in [4.69, 9.17) is 0 Å². The molecule has 65 valence electrons. The first-order valence-corrected chi connectivity index (χ1v) is 4.34. The van der Waals surface area contributed by atoms with Crippen molar-refractivity contribution in [2.24, 2.45) is 4.99 Å². The van der Waals surface area contributed by atoms with Crippen molar-refractivity contribution in [3.63, 3.8) is 0 Å². The highest BCUT2D eigenvalue weighted by Gasteiger charge is 2.06. The molecule has 1 aliphatic heterocycles. The lowest BCUT2D eigenvalue weighted by molar-refractivity contribution is 1.18. The standard InChI is InChI=1S/C11H11N2/c1-9-8-12-11(13-9)7-10-5-3-2-4-6-10/h2-6,8H,7H2,1H3. The van der Waals surface area contributed by atoms with Gasteiger partial charge in [-0.3, -0.25) is 0 Å². The fraction of sp³-hybridized carbons (Fsp3) is 0.182. The molecule has 0 fully saturated rings. The van der Waals surface area contributed by atoms with Crippen molar-refractivity contribution in [3.05, 3.63) is 47.8 Å². The van der Waals surface area contributed by atoms with E-state index in [2.05, 4.69) is 22.4 Å². The summed E-state index contributed by atoms with van der Waals surface area (Å²) in [5.41, 5.74) is 2.25. The maximum Gasteiger partial charge on any atom is 0.133 e. The van der Waals surface area contributed by atoms with E-state index in [-0.39, 0.29) is 0 Å². The summed E-state index contributed by atoms with van der Waals surface area (Å²) in [6.07, 6.45) is 2.63. The first-order chi connectivity index (χ1) is 6.34. The van der Waals surface area contributed by atoms with Crippen LogP contribution in [0.5, 0.6) is 0 Å². The van der Waals surface area contributed by atoms with E-state index in [9.17, 15) is 0 Å². The minimum atomic E-state index is 0.828. The normalized spacial score (nSPS) is 14.8. The van der Waals surface area contributed by atoms with Crippen LogP contribution in [0.25, 0.3) is 0 Å². The van der Waals surface area contributed by atoms with Crippen LogP contribution in [-0.2, 0) is 6.42 Å². The van der Waals surface area contributed by atoms with Crippen LogP contribution in [0, 0.1) is 0 Å². The number of nitrogens with zero attached hydrogens (tertiary/aromatic N) is 2. The van der Waals surface area contributed by atoms with Gasteiger partial charge in [-0.2, -0.15) is 0 Å². The molecule has 0 atom stereocenters. The average molecular weight is 171 g/mol. The van der Waals surface area contributed by atoms with Gasteiger partial charge < -0.3 is 0 Å². The molecule has 1 radical (unpaired) electrons. The van der Waals surface area contributed by atoms with Crippen LogP contribution >= 0.6 is 0 Å². The van der Waals surface area contributed by atoms with Gasteiger partial charge in [0.25, 0.3) is 0 Å². The quantitative estimate of drug-likeness (QED) is 0.651. The van der Waals surface area contributed by atoms with Crippen LogP contribution in [0.1, 0.15) is 12.5 Å². The molecular formula is C11H11N2. The smallest absolute Gasteiger partial charge is 0.133 e. The predicted octanol–water partition coefficient (Wildman–Crippen LogP) is 2.11. The van der Waals surface area contributed by atoms with E-state index < -0.39 is 0 Å². The maximum atomic E-state index is 4.29. The first kappa shape index (κ1) is 8.05. The molecular weight excluding hydrogens is 160 g/mol. The Hall–Kier alpha value is -1.57. The lowest BCUT2D eigenvalue weighted by Gasteiger charge is -1.98. The molecule has 2 rings (SSSR count). The van der Waals surface area contributed by atoms with Crippen LogP contribution < -0.4 is 5.32 Å². The Kier molecular flexibility index (Phi) is 2.13. The largest absolute Gasteiger partial charge is 0.239 e. The number of benzene rings is 1. The summed E-state index contributed by atoms with van der Waals surface area (Å²) in [4.78, 5) is 4.29. The second-order valence-electron chi connectivity index (χ2n) is 3.09. The molecule has 1 aliphatic rings. The van der Waals surface area contributed by atoms with E-state index in [1.165, 1.54) is 5.56 Å². The van der Waals surface area contributed by atoms with Crippen LogP contribution in [0.4, 0.5) is 0 Å². The molecule has 0 saturated heterocycles. The molecule has 0 saturated carbocycles. The Morgan fingerprint density at radius 1 is 1.15 bits per heavy atom. The number of amidine groups is 1. The van der Waals surface area contributed by atoms with Gasteiger partial charge in [0.1, 0.15) is 5.84 Å². The third-order valence-corrected chi connectivity index (χ3v) is 1.91. The van der Waals surface area contributed by atoms with E-state index in [1.54, 1.807) is 6.20 Å². The molecule has 0 amide bonds. The van der Waals surface area contributed by atoms with Gasteiger partial charge in [0, 0.05) is 6.42 Å². The summed E-state index contributed by atoms with van der Waals surface area (Å²) in [5, 5.41) is 4.20. The molecule has 2 heteroatoms. The lowest BCUT2D eigenvalue weighted by atomic mass is 10.1. The number of allylic oxidation sites excluding steroid dienone is 1. The highest BCUT2D eigenvalue weighted by Crippen LogP contribution is 2.07. The highest BCUT2D eigenvalue weighted by atomic mass is 15.0. The van der Waals surface area contributed by atoms with Gasteiger partial charge in [0.05, 0.1) is 11.9 Å². The van der Waals surface area contributed by atoms with Crippen molar-refractivity contribution in [2.75, 3.05) is 0 Å². The van der Waals surface area contributed by atoms with E-state index in [1.807, 2.05) is 25.1 Å². The summed E-state index contributed by atoms with van der Waals surface area (Å²) in [6.45, 7) is 1.96.